The Morgan fingerprint density at radius 3 is 3.25 bits per heavy atom. The molecule has 4 rings (SSSR count). The number of hydrogen-bond acceptors (Lipinski definition) is 6. The molecule has 0 aromatic rings. The monoisotopic (exact) mass is 326 g/mol. The van der Waals surface area contributed by atoms with Gasteiger partial charge in [0, 0.05) is 19.6 Å². The van der Waals surface area contributed by atoms with Crippen LogP contribution in [0.4, 0.5) is 0 Å². The summed E-state index contributed by atoms with van der Waals surface area (Å²) in [5.41, 5.74) is -0.133. The number of nitrogens with one attached hydrogen (secondary N) is 1. The lowest BCUT2D eigenvalue weighted by molar-refractivity contribution is -0.165. The molecule has 1 N–H and O–H groups in total. The van der Waals surface area contributed by atoms with Crippen LogP contribution < -0.4 is 5.32 Å². The third-order valence-electron chi connectivity index (χ3n) is 5.94. The predicted molar refractivity (Wildman–Crippen MR) is 90.1 cm³/mol. The van der Waals surface area contributed by atoms with Gasteiger partial charge in [-0.05, 0) is 25.0 Å². The second kappa shape index (κ2) is 5.71. The summed E-state index contributed by atoms with van der Waals surface area (Å²) in [5.74, 6) is 1.55. The minimum Gasteiger partial charge on any atom is -0.350 e. The Balaban J connectivity index is 1.54. The van der Waals surface area contributed by atoms with Crippen LogP contribution in [-0.4, -0.2) is 59.2 Å². The summed E-state index contributed by atoms with van der Waals surface area (Å²) in [6, 6.07) is 2.00. The average Bonchev–Trinajstić information content (AvgIpc) is 3.08. The molecular weight excluding hydrogens is 304 g/mol. The van der Waals surface area contributed by atoms with E-state index in [1.807, 2.05) is 17.2 Å². The van der Waals surface area contributed by atoms with Crippen molar-refractivity contribution < 1.29 is 4.79 Å². The number of piperidine rings is 1. The minimum absolute atomic E-state index is 0.0257. The molecule has 1 spiro atoms. The van der Waals surface area contributed by atoms with Crippen LogP contribution in [0.25, 0.3) is 0 Å². The Hall–Kier alpha value is -2.20. The number of carbonyl (C=O) groups is 1. The lowest BCUT2D eigenvalue weighted by Crippen LogP contribution is -2.74. The number of nitriles is 1. The summed E-state index contributed by atoms with van der Waals surface area (Å²) < 4.78 is 0. The molecule has 2 saturated heterocycles. The number of amides is 1. The number of likely N-dealkylation sites (tertiary alicyclic amines) is 2. The molecule has 7 nitrogen and oxygen atoms in total. The Morgan fingerprint density at radius 2 is 2.46 bits per heavy atom. The quantitative estimate of drug-likeness (QED) is 0.810. The summed E-state index contributed by atoms with van der Waals surface area (Å²) in [5, 5.41) is 12.0. The largest absolute Gasteiger partial charge is 0.350 e. The van der Waals surface area contributed by atoms with Crippen molar-refractivity contribution in [2.75, 3.05) is 19.6 Å². The first-order valence-electron chi connectivity index (χ1n) is 8.60. The van der Waals surface area contributed by atoms with Crippen LogP contribution in [0.3, 0.4) is 0 Å². The maximum absolute atomic E-state index is 12.3. The van der Waals surface area contributed by atoms with E-state index in [1.165, 1.54) is 0 Å². The molecule has 4 heterocycles. The summed E-state index contributed by atoms with van der Waals surface area (Å²) in [6.45, 7) is 4.78. The third-order valence-corrected chi connectivity index (χ3v) is 5.94. The molecule has 0 aliphatic carbocycles. The van der Waals surface area contributed by atoms with E-state index in [9.17, 15) is 4.79 Å². The van der Waals surface area contributed by atoms with Crippen LogP contribution in [0.15, 0.2) is 22.3 Å². The van der Waals surface area contributed by atoms with E-state index in [0.717, 1.165) is 38.3 Å². The van der Waals surface area contributed by atoms with Crippen LogP contribution >= 0.6 is 0 Å². The number of amidine groups is 1. The number of rotatable bonds is 2. The second-order valence-corrected chi connectivity index (χ2v) is 7.14. The van der Waals surface area contributed by atoms with Crippen molar-refractivity contribution in [3.63, 3.8) is 0 Å². The second-order valence-electron chi connectivity index (χ2n) is 7.14. The molecular formula is C17H22N6O. The molecule has 0 radical (unpaired) electrons. The van der Waals surface area contributed by atoms with E-state index in [1.54, 1.807) is 6.34 Å². The maximum Gasteiger partial charge on any atom is 0.237 e. The zero-order valence-electron chi connectivity index (χ0n) is 13.9. The van der Waals surface area contributed by atoms with Crippen LogP contribution in [0.1, 0.15) is 26.2 Å². The van der Waals surface area contributed by atoms with E-state index in [-0.39, 0.29) is 30.0 Å². The zero-order chi connectivity index (χ0) is 16.7. The first-order valence-corrected chi connectivity index (χ1v) is 8.60. The van der Waals surface area contributed by atoms with Gasteiger partial charge in [0.25, 0.3) is 0 Å². The number of carbonyl (C=O) groups excluding carboxylic acids is 1. The fraction of sp³-hybridized carbons (Fsp3) is 0.647. The van der Waals surface area contributed by atoms with E-state index in [0.29, 0.717) is 5.92 Å². The standard InChI is InChI=1S/C17H22N6O/c1-12-9-23(14(24)3-6-18)17(12)5-2-8-22(10-17)16-13-4-7-19-15(13)20-11-21-16/h4,7,11-13,16H,2-3,5,8-10H2,1H3,(H,19,20,21). The van der Waals surface area contributed by atoms with Gasteiger partial charge in [0.1, 0.15) is 24.8 Å². The number of fused-ring (bicyclic) bond motifs is 1. The molecule has 4 aliphatic rings. The van der Waals surface area contributed by atoms with Gasteiger partial charge in [-0.25, -0.2) is 4.99 Å². The number of hydrogen-bond donors (Lipinski definition) is 1. The lowest BCUT2D eigenvalue weighted by Gasteiger charge is -2.62. The minimum atomic E-state index is -0.133. The zero-order valence-corrected chi connectivity index (χ0v) is 13.9. The van der Waals surface area contributed by atoms with Gasteiger partial charge in [0.15, 0.2) is 0 Å². The van der Waals surface area contributed by atoms with Gasteiger partial charge in [-0.15, -0.1) is 0 Å². The topological polar surface area (TPSA) is 84.1 Å². The lowest BCUT2D eigenvalue weighted by atomic mass is 9.69. The van der Waals surface area contributed by atoms with Gasteiger partial charge in [-0.1, -0.05) is 13.0 Å². The molecule has 1 amide bonds. The van der Waals surface area contributed by atoms with Crippen molar-refractivity contribution in [1.29, 1.82) is 5.26 Å². The van der Waals surface area contributed by atoms with Crippen molar-refractivity contribution in [2.45, 2.75) is 37.9 Å². The maximum atomic E-state index is 12.3. The smallest absolute Gasteiger partial charge is 0.237 e. The van der Waals surface area contributed by atoms with Crippen molar-refractivity contribution >= 4 is 18.1 Å². The van der Waals surface area contributed by atoms with E-state index in [2.05, 4.69) is 33.2 Å². The van der Waals surface area contributed by atoms with Crippen LogP contribution in [0.5, 0.6) is 0 Å². The first kappa shape index (κ1) is 15.3. The molecule has 4 unspecified atom stereocenters. The average molecular weight is 326 g/mol. The van der Waals surface area contributed by atoms with Crippen LogP contribution in [-0.2, 0) is 4.79 Å². The van der Waals surface area contributed by atoms with E-state index >= 15 is 0 Å². The molecule has 2 fully saturated rings. The predicted octanol–water partition coefficient (Wildman–Crippen LogP) is 0.713. The molecule has 7 heteroatoms. The van der Waals surface area contributed by atoms with Crippen molar-refractivity contribution in [1.82, 2.24) is 15.1 Å². The van der Waals surface area contributed by atoms with Gasteiger partial charge in [-0.3, -0.25) is 14.7 Å². The Kier molecular flexibility index (Phi) is 3.65. The summed E-state index contributed by atoms with van der Waals surface area (Å²) in [6.07, 6.45) is 7.76. The SMILES string of the molecule is CC1CN(C(=O)CC#N)C12CCCN(C1N=CN=C3NC=CC31)C2. The highest BCUT2D eigenvalue weighted by atomic mass is 16.2. The van der Waals surface area contributed by atoms with Crippen LogP contribution in [0, 0.1) is 23.2 Å². The van der Waals surface area contributed by atoms with Gasteiger partial charge >= 0.3 is 0 Å². The van der Waals surface area contributed by atoms with Gasteiger partial charge in [0.05, 0.1) is 17.5 Å². The summed E-state index contributed by atoms with van der Waals surface area (Å²) >= 11 is 0. The highest BCUT2D eigenvalue weighted by molar-refractivity contribution is 5.96. The van der Waals surface area contributed by atoms with Crippen LogP contribution in [0.2, 0.25) is 0 Å². The Morgan fingerprint density at radius 1 is 1.58 bits per heavy atom. The Labute approximate surface area is 141 Å². The molecule has 4 atom stereocenters. The summed E-state index contributed by atoms with van der Waals surface area (Å²) in [4.78, 5) is 25.6. The molecule has 126 valence electrons. The third kappa shape index (κ3) is 2.17. The highest BCUT2D eigenvalue weighted by Crippen LogP contribution is 2.44. The molecule has 0 aromatic heterocycles. The van der Waals surface area contributed by atoms with Crippen molar-refractivity contribution in [2.24, 2.45) is 21.8 Å². The molecule has 0 aromatic carbocycles. The van der Waals surface area contributed by atoms with Gasteiger partial charge in [-0.2, -0.15) is 5.26 Å². The normalized spacial score (nSPS) is 37.4. The highest BCUT2D eigenvalue weighted by Gasteiger charge is 2.55. The summed E-state index contributed by atoms with van der Waals surface area (Å²) in [7, 11) is 0. The molecule has 24 heavy (non-hydrogen) atoms. The van der Waals surface area contributed by atoms with Crippen molar-refractivity contribution in [3.8, 4) is 6.07 Å². The van der Waals surface area contributed by atoms with Gasteiger partial charge < -0.3 is 10.2 Å². The van der Waals surface area contributed by atoms with E-state index < -0.39 is 0 Å². The molecule has 4 aliphatic heterocycles. The first-order chi connectivity index (χ1) is 11.7. The van der Waals surface area contributed by atoms with Crippen molar-refractivity contribution in [3.05, 3.63) is 12.3 Å². The fourth-order valence-electron chi connectivity index (χ4n) is 4.61. The van der Waals surface area contributed by atoms with Gasteiger partial charge in [0.2, 0.25) is 5.91 Å². The number of aliphatic imine (C=N–C) groups is 2. The Bertz CT molecular complexity index is 677. The molecule has 0 bridgehead atoms. The fourth-order valence-corrected chi connectivity index (χ4v) is 4.61. The molecule has 0 saturated carbocycles. The number of nitrogens with zero attached hydrogens (tertiary/aromatic N) is 5. The van der Waals surface area contributed by atoms with E-state index in [4.69, 9.17) is 5.26 Å².